The van der Waals surface area contributed by atoms with Crippen molar-refractivity contribution in [1.29, 1.82) is 0 Å². The summed E-state index contributed by atoms with van der Waals surface area (Å²) in [5, 5.41) is 19.7. The maximum Gasteiger partial charge on any atom is -0.00137 e. The van der Waals surface area contributed by atoms with Crippen molar-refractivity contribution in [2.75, 3.05) is 0 Å². The molecule has 74 heavy (non-hydrogen) atoms. The summed E-state index contributed by atoms with van der Waals surface area (Å²) in [5.41, 5.74) is 14.5. The van der Waals surface area contributed by atoms with Gasteiger partial charge in [0.1, 0.15) is 0 Å². The van der Waals surface area contributed by atoms with Gasteiger partial charge in [-0.1, -0.05) is 243 Å². The van der Waals surface area contributed by atoms with E-state index in [1.54, 1.807) is 0 Å². The average Bonchev–Trinajstić information content (AvgIpc) is 3.48. The third-order valence-corrected chi connectivity index (χ3v) is 15.7. The minimum Gasteiger partial charge on any atom is -0.0622 e. The van der Waals surface area contributed by atoms with Crippen LogP contribution in [0.2, 0.25) is 0 Å². The van der Waals surface area contributed by atoms with Gasteiger partial charge in [-0.05, 0) is 189 Å². The van der Waals surface area contributed by atoms with E-state index < -0.39 is 0 Å². The predicted molar refractivity (Wildman–Crippen MR) is 319 cm³/mol. The molecule has 0 aliphatic carbocycles. The molecule has 15 rings (SSSR count). The number of hydrogen-bond donors (Lipinski definition) is 0. The molecule has 0 unspecified atom stereocenters. The first-order valence-electron chi connectivity index (χ1n) is 25.7. The molecule has 0 heterocycles. The van der Waals surface area contributed by atoms with E-state index in [2.05, 4.69) is 279 Å². The molecular weight excluding hydrogens is 889 g/mol. The van der Waals surface area contributed by atoms with Crippen molar-refractivity contribution in [2.24, 2.45) is 0 Å². The van der Waals surface area contributed by atoms with Crippen molar-refractivity contribution in [2.45, 2.75) is 0 Å². The fraction of sp³-hybridized carbons (Fsp3) is 0. The van der Waals surface area contributed by atoms with Gasteiger partial charge in [0.25, 0.3) is 0 Å². The van der Waals surface area contributed by atoms with Crippen LogP contribution in [-0.4, -0.2) is 0 Å². The van der Waals surface area contributed by atoms with Crippen LogP contribution in [0, 0.1) is 0 Å². The fourth-order valence-electron chi connectivity index (χ4n) is 12.5. The molecule has 0 aliphatic heterocycles. The van der Waals surface area contributed by atoms with Crippen LogP contribution in [-0.2, 0) is 0 Å². The molecule has 0 aliphatic rings. The lowest BCUT2D eigenvalue weighted by Crippen LogP contribution is -1.97. The van der Waals surface area contributed by atoms with E-state index in [-0.39, 0.29) is 0 Å². The van der Waals surface area contributed by atoms with E-state index in [1.165, 1.54) is 153 Å². The monoisotopic (exact) mass is 934 g/mol. The van der Waals surface area contributed by atoms with Crippen LogP contribution in [0.25, 0.3) is 153 Å². The Bertz CT molecular complexity index is 4770. The van der Waals surface area contributed by atoms with Crippen LogP contribution in [0.3, 0.4) is 0 Å². The van der Waals surface area contributed by atoms with Gasteiger partial charge in [0.15, 0.2) is 0 Å². The summed E-state index contributed by atoms with van der Waals surface area (Å²) in [4.78, 5) is 0. The number of fused-ring (bicyclic) bond motifs is 8. The molecule has 0 N–H and O–H groups in total. The second kappa shape index (κ2) is 17.0. The van der Waals surface area contributed by atoms with Crippen LogP contribution in [0.15, 0.2) is 279 Å². The smallest absolute Gasteiger partial charge is 0.00137 e. The molecule has 0 nitrogen and oxygen atoms in total. The van der Waals surface area contributed by atoms with Crippen LogP contribution in [0.1, 0.15) is 0 Å². The van der Waals surface area contributed by atoms with Crippen molar-refractivity contribution >= 4 is 86.2 Å². The highest BCUT2D eigenvalue weighted by Gasteiger charge is 2.25. The van der Waals surface area contributed by atoms with E-state index in [0.29, 0.717) is 0 Å². The van der Waals surface area contributed by atoms with E-state index in [1.807, 2.05) is 0 Å². The summed E-state index contributed by atoms with van der Waals surface area (Å²) < 4.78 is 0. The minimum atomic E-state index is 1.19. The molecule has 0 radical (unpaired) electrons. The summed E-state index contributed by atoms with van der Waals surface area (Å²) in [6.07, 6.45) is 0. The highest BCUT2D eigenvalue weighted by molar-refractivity contribution is 6.28. The van der Waals surface area contributed by atoms with Gasteiger partial charge in [-0.2, -0.15) is 0 Å². The summed E-state index contributed by atoms with van der Waals surface area (Å²) in [6, 6.07) is 104. The Kier molecular flexibility index (Phi) is 9.68. The Labute approximate surface area is 429 Å². The Morgan fingerprint density at radius 2 is 0.500 bits per heavy atom. The zero-order chi connectivity index (χ0) is 48.7. The first kappa shape index (κ1) is 42.1. The zero-order valence-electron chi connectivity index (χ0n) is 40.6. The molecule has 0 heteroatoms. The van der Waals surface area contributed by atoms with Crippen molar-refractivity contribution in [3.05, 3.63) is 279 Å². The highest BCUT2D eigenvalue weighted by atomic mass is 14.3. The molecule has 342 valence electrons. The largest absolute Gasteiger partial charge is 0.0622 e. The van der Waals surface area contributed by atoms with Gasteiger partial charge >= 0.3 is 0 Å². The van der Waals surface area contributed by atoms with Crippen LogP contribution >= 0.6 is 0 Å². The molecule has 0 bridgehead atoms. The average molecular weight is 935 g/mol. The van der Waals surface area contributed by atoms with Gasteiger partial charge in [-0.25, -0.2) is 0 Å². The van der Waals surface area contributed by atoms with Crippen LogP contribution in [0.5, 0.6) is 0 Å². The number of benzene rings is 15. The van der Waals surface area contributed by atoms with E-state index >= 15 is 0 Å². The predicted octanol–water partition coefficient (Wildman–Crippen LogP) is 20.9. The Hall–Kier alpha value is -9.62. The molecule has 0 amide bonds. The molecule has 15 aromatic rings. The van der Waals surface area contributed by atoms with E-state index in [4.69, 9.17) is 0 Å². The van der Waals surface area contributed by atoms with E-state index in [0.717, 1.165) is 0 Å². The quantitative estimate of drug-likeness (QED) is 0.146. The normalized spacial score (nSPS) is 11.8. The second-order valence-electron chi connectivity index (χ2n) is 19.8. The van der Waals surface area contributed by atoms with Gasteiger partial charge in [-0.3, -0.25) is 0 Å². The topological polar surface area (TPSA) is 0 Å². The summed E-state index contributed by atoms with van der Waals surface area (Å²) in [6.45, 7) is 0. The highest BCUT2D eigenvalue weighted by Crippen LogP contribution is 2.53. The number of rotatable bonds is 6. The zero-order valence-corrected chi connectivity index (χ0v) is 40.6. The third kappa shape index (κ3) is 6.69. The van der Waals surface area contributed by atoms with E-state index in [9.17, 15) is 0 Å². The Balaban J connectivity index is 1.15. The molecule has 0 saturated heterocycles. The van der Waals surface area contributed by atoms with Gasteiger partial charge in [0.05, 0.1) is 0 Å². The molecule has 0 spiro atoms. The Morgan fingerprint density at radius 1 is 0.149 bits per heavy atom. The van der Waals surface area contributed by atoms with Gasteiger partial charge in [0, 0.05) is 0 Å². The van der Waals surface area contributed by atoms with Crippen molar-refractivity contribution < 1.29 is 0 Å². The lowest BCUT2D eigenvalue weighted by atomic mass is 9.79. The number of hydrogen-bond acceptors (Lipinski definition) is 0. The molecule has 0 aromatic heterocycles. The molecule has 0 fully saturated rings. The SMILES string of the molecule is c1ccc(-c2ccccc2-c2ccccc2-c2ccc3cc4ccccc4c(-c4cccc5cc6ccccc6cc45)c3c2-c2cccc3cc4ccccc4c(-c4cccc5cc6ccccc6cc45)c23)cc1. The maximum absolute atomic E-state index is 2.43. The van der Waals surface area contributed by atoms with Crippen LogP contribution in [0.4, 0.5) is 0 Å². The standard InChI is InChI=1S/C74H46/c1-2-19-47(20-3-1)58-30-12-13-33-61(58)62-34-14-15-35-63(62)66-40-39-57-44-53-26-9-11-32-60(53)73(65-37-17-28-55-42-49-22-5-7-24-51(49)46-69(55)65)71(57)74(66)67-38-18-29-56-43-52-25-8-10-31-59(52)72(70(56)67)64-36-16-27-54-41-48-21-4-6-23-50(48)45-68(54)64/h1-46H. The van der Waals surface area contributed by atoms with Crippen LogP contribution < -0.4 is 0 Å². The molecule has 15 aromatic carbocycles. The van der Waals surface area contributed by atoms with Gasteiger partial charge < -0.3 is 0 Å². The summed E-state index contributed by atoms with van der Waals surface area (Å²) >= 11 is 0. The van der Waals surface area contributed by atoms with Crippen molar-refractivity contribution in [3.8, 4) is 66.8 Å². The second-order valence-corrected chi connectivity index (χ2v) is 19.8. The van der Waals surface area contributed by atoms with Gasteiger partial charge in [-0.15, -0.1) is 0 Å². The van der Waals surface area contributed by atoms with Crippen molar-refractivity contribution in [3.63, 3.8) is 0 Å². The first-order valence-corrected chi connectivity index (χ1v) is 25.7. The summed E-state index contributed by atoms with van der Waals surface area (Å²) in [7, 11) is 0. The fourth-order valence-corrected chi connectivity index (χ4v) is 12.5. The lowest BCUT2D eigenvalue weighted by molar-refractivity contribution is 1.57. The first-order chi connectivity index (χ1) is 36.7. The molecule has 0 atom stereocenters. The minimum absolute atomic E-state index is 1.19. The summed E-state index contributed by atoms with van der Waals surface area (Å²) in [5.74, 6) is 0. The lowest BCUT2D eigenvalue weighted by Gasteiger charge is -2.24. The Morgan fingerprint density at radius 3 is 1.07 bits per heavy atom. The maximum atomic E-state index is 2.43. The van der Waals surface area contributed by atoms with Crippen molar-refractivity contribution in [1.82, 2.24) is 0 Å². The van der Waals surface area contributed by atoms with Gasteiger partial charge in [0.2, 0.25) is 0 Å². The molecular formula is C74H46. The molecule has 0 saturated carbocycles. The third-order valence-electron chi connectivity index (χ3n) is 15.7.